The van der Waals surface area contributed by atoms with Gasteiger partial charge in [0.1, 0.15) is 6.26 Å². The van der Waals surface area contributed by atoms with Crippen LogP contribution in [0, 0.1) is 0 Å². The highest BCUT2D eigenvalue weighted by atomic mass is 35.5. The number of aromatic nitrogens is 1. The minimum Gasteiger partial charge on any atom is -0.444 e. The summed E-state index contributed by atoms with van der Waals surface area (Å²) in [5, 5.41) is 5.48. The second-order valence-electron chi connectivity index (χ2n) is 4.71. The van der Waals surface area contributed by atoms with Gasteiger partial charge < -0.3 is 9.73 Å². The molecule has 1 fully saturated rings. The van der Waals surface area contributed by atoms with E-state index < -0.39 is 0 Å². The van der Waals surface area contributed by atoms with Gasteiger partial charge in [-0.3, -0.25) is 4.90 Å². The highest BCUT2D eigenvalue weighted by Gasteiger charge is 2.17. The lowest BCUT2D eigenvalue weighted by Gasteiger charge is -2.31. The van der Waals surface area contributed by atoms with Gasteiger partial charge in [-0.05, 0) is 18.4 Å². The van der Waals surface area contributed by atoms with Crippen LogP contribution in [0.3, 0.4) is 0 Å². The van der Waals surface area contributed by atoms with E-state index >= 15 is 0 Å². The molecule has 1 N–H and O–H groups in total. The van der Waals surface area contributed by atoms with Gasteiger partial charge in [0.05, 0.1) is 10.6 Å². The van der Waals surface area contributed by atoms with Crippen LogP contribution < -0.4 is 5.32 Å². The summed E-state index contributed by atoms with van der Waals surface area (Å²) >= 11 is 1.66. The molecule has 0 aromatic carbocycles. The normalized spacial score (nSPS) is 20.2. The Balaban J connectivity index is 0.00000133. The first-order valence-corrected chi connectivity index (χ1v) is 7.13. The lowest BCUT2D eigenvalue weighted by atomic mass is 10.2. The molecule has 6 heteroatoms. The second-order valence-corrected chi connectivity index (χ2v) is 5.66. The number of hydrogen-bond donors (Lipinski definition) is 1. The van der Waals surface area contributed by atoms with Crippen LogP contribution in [0.4, 0.5) is 0 Å². The van der Waals surface area contributed by atoms with E-state index in [1.807, 2.05) is 17.5 Å². The average molecular weight is 300 g/mol. The molecule has 3 rings (SSSR count). The molecule has 1 aliphatic rings. The number of hydrogen-bond acceptors (Lipinski definition) is 5. The summed E-state index contributed by atoms with van der Waals surface area (Å²) in [6.45, 7) is 6.29. The molecule has 4 nitrogen and oxygen atoms in total. The van der Waals surface area contributed by atoms with E-state index in [2.05, 4.69) is 22.1 Å². The number of nitrogens with zero attached hydrogens (tertiary/aromatic N) is 2. The monoisotopic (exact) mass is 299 g/mol. The molecule has 0 bridgehead atoms. The number of rotatable bonds is 3. The van der Waals surface area contributed by atoms with E-state index in [1.165, 1.54) is 0 Å². The maximum absolute atomic E-state index is 5.53. The van der Waals surface area contributed by atoms with Gasteiger partial charge in [-0.15, -0.1) is 23.7 Å². The zero-order valence-electron chi connectivity index (χ0n) is 10.8. The Bertz CT molecular complexity index is 500. The molecule has 3 heterocycles. The van der Waals surface area contributed by atoms with Gasteiger partial charge in [0.15, 0.2) is 0 Å². The quantitative estimate of drug-likeness (QED) is 0.946. The molecule has 0 amide bonds. The lowest BCUT2D eigenvalue weighted by Crippen LogP contribution is -2.48. The first-order valence-electron chi connectivity index (χ1n) is 6.25. The van der Waals surface area contributed by atoms with Crippen LogP contribution in [0.2, 0.25) is 0 Å². The fraction of sp³-hybridized carbons (Fsp3) is 0.462. The summed E-state index contributed by atoms with van der Waals surface area (Å²) in [5.41, 5.74) is 1.02. The molecule has 0 aliphatic carbocycles. The summed E-state index contributed by atoms with van der Waals surface area (Å²) in [7, 11) is 0. The van der Waals surface area contributed by atoms with Crippen LogP contribution in [0.25, 0.3) is 10.8 Å². The predicted octanol–water partition coefficient (Wildman–Crippen LogP) is 2.62. The van der Waals surface area contributed by atoms with Gasteiger partial charge in [0.25, 0.3) is 0 Å². The van der Waals surface area contributed by atoms with Gasteiger partial charge in [-0.25, -0.2) is 4.98 Å². The molecule has 1 atom stereocenters. The van der Waals surface area contributed by atoms with Crippen molar-refractivity contribution in [1.29, 1.82) is 0 Å². The second kappa shape index (κ2) is 6.52. The van der Waals surface area contributed by atoms with Crippen molar-refractivity contribution in [2.75, 3.05) is 19.6 Å². The molecule has 0 spiro atoms. The first kappa shape index (κ1) is 14.5. The van der Waals surface area contributed by atoms with Gasteiger partial charge in [-0.2, -0.15) is 0 Å². The molecule has 1 aliphatic heterocycles. The maximum Gasteiger partial charge on any atom is 0.236 e. The summed E-state index contributed by atoms with van der Waals surface area (Å²) < 4.78 is 5.53. The molecule has 0 radical (unpaired) electrons. The number of halogens is 1. The van der Waals surface area contributed by atoms with Crippen LogP contribution in [0.5, 0.6) is 0 Å². The van der Waals surface area contributed by atoms with Gasteiger partial charge in [-0.1, -0.05) is 6.07 Å². The fourth-order valence-corrected chi connectivity index (χ4v) is 2.93. The van der Waals surface area contributed by atoms with E-state index in [-0.39, 0.29) is 12.4 Å². The van der Waals surface area contributed by atoms with Crippen molar-refractivity contribution in [3.05, 3.63) is 29.5 Å². The standard InChI is InChI=1S/C13H17N3OS.ClH/c1-10-7-16(5-4-14-10)8-11-9-17-13(15-11)12-3-2-6-18-12;/h2-3,6,9-10,14H,4-5,7-8H2,1H3;1H/t10-;/m1./s1. The number of thiophene rings is 1. The van der Waals surface area contributed by atoms with Crippen molar-refractivity contribution < 1.29 is 4.42 Å². The topological polar surface area (TPSA) is 41.3 Å². The third-order valence-electron chi connectivity index (χ3n) is 3.12. The molecular formula is C13H18ClN3OS. The van der Waals surface area contributed by atoms with E-state index in [0.717, 1.165) is 42.6 Å². The van der Waals surface area contributed by atoms with Crippen LogP contribution in [0.15, 0.2) is 28.2 Å². The smallest absolute Gasteiger partial charge is 0.236 e. The zero-order valence-corrected chi connectivity index (χ0v) is 12.5. The molecular weight excluding hydrogens is 282 g/mol. The van der Waals surface area contributed by atoms with E-state index in [1.54, 1.807) is 17.6 Å². The van der Waals surface area contributed by atoms with Crippen molar-refractivity contribution in [3.63, 3.8) is 0 Å². The molecule has 1 saturated heterocycles. The first-order chi connectivity index (χ1) is 8.81. The number of oxazole rings is 1. The average Bonchev–Trinajstić information content (AvgIpc) is 2.98. The van der Waals surface area contributed by atoms with Crippen molar-refractivity contribution in [2.24, 2.45) is 0 Å². The third kappa shape index (κ3) is 3.57. The van der Waals surface area contributed by atoms with Crippen molar-refractivity contribution in [2.45, 2.75) is 19.5 Å². The largest absolute Gasteiger partial charge is 0.444 e. The Labute approximate surface area is 123 Å². The Morgan fingerprint density at radius 2 is 2.47 bits per heavy atom. The third-order valence-corrected chi connectivity index (χ3v) is 3.98. The molecule has 0 unspecified atom stereocenters. The van der Waals surface area contributed by atoms with Crippen LogP contribution in [-0.2, 0) is 6.54 Å². The molecule has 2 aromatic rings. The van der Waals surface area contributed by atoms with E-state index in [4.69, 9.17) is 4.42 Å². The molecule has 19 heavy (non-hydrogen) atoms. The van der Waals surface area contributed by atoms with E-state index in [9.17, 15) is 0 Å². The fourth-order valence-electron chi connectivity index (χ4n) is 2.28. The SMILES string of the molecule is C[C@@H]1CN(Cc2coc(-c3cccs3)n2)CCN1.Cl. The molecule has 104 valence electrons. The zero-order chi connectivity index (χ0) is 12.4. The minimum absolute atomic E-state index is 0. The van der Waals surface area contributed by atoms with Crippen LogP contribution in [0.1, 0.15) is 12.6 Å². The summed E-state index contributed by atoms with van der Waals surface area (Å²) in [5.74, 6) is 0.739. The van der Waals surface area contributed by atoms with Crippen molar-refractivity contribution in [3.8, 4) is 10.8 Å². The highest BCUT2D eigenvalue weighted by Crippen LogP contribution is 2.24. The highest BCUT2D eigenvalue weighted by molar-refractivity contribution is 7.13. The summed E-state index contributed by atoms with van der Waals surface area (Å²) in [6.07, 6.45) is 1.78. The number of nitrogens with one attached hydrogen (secondary N) is 1. The van der Waals surface area contributed by atoms with Gasteiger partial charge >= 0.3 is 0 Å². The van der Waals surface area contributed by atoms with Gasteiger partial charge in [0.2, 0.25) is 5.89 Å². The van der Waals surface area contributed by atoms with Crippen LogP contribution >= 0.6 is 23.7 Å². The number of piperazine rings is 1. The lowest BCUT2D eigenvalue weighted by molar-refractivity contribution is 0.197. The van der Waals surface area contributed by atoms with Gasteiger partial charge in [0, 0.05) is 32.2 Å². The van der Waals surface area contributed by atoms with Crippen LogP contribution in [-0.4, -0.2) is 35.6 Å². The maximum atomic E-state index is 5.53. The summed E-state index contributed by atoms with van der Waals surface area (Å²) in [6, 6.07) is 4.61. The van der Waals surface area contributed by atoms with Crippen molar-refractivity contribution in [1.82, 2.24) is 15.2 Å². The summed E-state index contributed by atoms with van der Waals surface area (Å²) in [4.78, 5) is 8.06. The Kier molecular flexibility index (Phi) is 4.99. The Hall–Kier alpha value is -0.880. The Morgan fingerprint density at radius 3 is 3.21 bits per heavy atom. The predicted molar refractivity (Wildman–Crippen MR) is 79.8 cm³/mol. The van der Waals surface area contributed by atoms with E-state index in [0.29, 0.717) is 6.04 Å². The van der Waals surface area contributed by atoms with Crippen molar-refractivity contribution >= 4 is 23.7 Å². The Morgan fingerprint density at radius 1 is 1.58 bits per heavy atom. The molecule has 2 aromatic heterocycles. The minimum atomic E-state index is 0. The molecule has 0 saturated carbocycles.